The number of aryl methyl sites for hydroxylation is 1. The normalized spacial score (nSPS) is 13.4. The number of anilines is 1. The number of hydrogen-bond acceptors (Lipinski definition) is 1. The standard InChI is InChI=1S/C26H37N.C6H10.C4H8.3C4H10/c1-8-10-11-12-18(3)24-14-13-19(4)26(17-24)27-22(7)25(9-2)21(6)20(5)23-15-16-23;1-5(2)6-3-4-6;1-4(2)3;3*1-3-4-2/h9,13-14,17,23,27H,3,7-8,10-12,15-16H2,1-2,4-6H3;6H,1,3-4H2,2H3;1H2,2-3H3;3*3-4H2,1-2H3/b21-20+,25-9+;;;;;. The highest BCUT2D eigenvalue weighted by Crippen LogP contribution is 2.40. The second-order valence-corrected chi connectivity index (χ2v) is 14.3. The van der Waals surface area contributed by atoms with E-state index in [1.165, 1.54) is 128 Å². The van der Waals surface area contributed by atoms with Gasteiger partial charge in [0.2, 0.25) is 0 Å². The molecule has 49 heavy (non-hydrogen) atoms. The first-order chi connectivity index (χ1) is 23.2. The van der Waals surface area contributed by atoms with Crippen molar-refractivity contribution in [2.45, 2.75) is 187 Å². The van der Waals surface area contributed by atoms with E-state index in [9.17, 15) is 0 Å². The van der Waals surface area contributed by atoms with Crippen molar-refractivity contribution in [2.75, 3.05) is 5.32 Å². The molecule has 0 atom stereocenters. The quantitative estimate of drug-likeness (QED) is 0.118. The lowest BCUT2D eigenvalue weighted by atomic mass is 9.96. The van der Waals surface area contributed by atoms with Gasteiger partial charge in [0.15, 0.2) is 0 Å². The van der Waals surface area contributed by atoms with E-state index in [1.807, 2.05) is 13.8 Å². The summed E-state index contributed by atoms with van der Waals surface area (Å²) >= 11 is 0. The Kier molecular flexibility index (Phi) is 33.9. The van der Waals surface area contributed by atoms with E-state index in [0.717, 1.165) is 29.6 Å². The fraction of sp³-hybridized carbons (Fsp3) is 0.625. The van der Waals surface area contributed by atoms with E-state index >= 15 is 0 Å². The topological polar surface area (TPSA) is 12.0 Å². The van der Waals surface area contributed by atoms with E-state index in [2.05, 4.69) is 139 Å². The number of hydrogen-bond donors (Lipinski definition) is 1. The zero-order valence-electron chi connectivity index (χ0n) is 35.7. The van der Waals surface area contributed by atoms with Gasteiger partial charge in [-0.15, -0.1) is 6.58 Å². The average Bonchev–Trinajstić information content (AvgIpc) is 4.00. The summed E-state index contributed by atoms with van der Waals surface area (Å²) in [4.78, 5) is 0. The maximum absolute atomic E-state index is 4.34. The number of benzene rings is 1. The molecule has 3 rings (SSSR count). The SMILES string of the molecule is C=C(C)C.C=C(C)C1CC1.C=C(Nc1cc(C(=C)CCCCC)ccc1C)C(=C/C)/C(C)=C(\C)C1CC1.CCCC.CCCC.CCCC. The molecular formula is C48H85N. The van der Waals surface area contributed by atoms with E-state index in [1.54, 1.807) is 0 Å². The molecule has 2 aliphatic rings. The van der Waals surface area contributed by atoms with Crippen LogP contribution in [0.4, 0.5) is 5.69 Å². The summed E-state index contributed by atoms with van der Waals surface area (Å²) in [5, 5.41) is 3.58. The van der Waals surface area contributed by atoms with Gasteiger partial charge in [0, 0.05) is 11.4 Å². The molecule has 0 aromatic heterocycles. The predicted octanol–water partition coefficient (Wildman–Crippen LogP) is 17.2. The Morgan fingerprint density at radius 2 is 1.14 bits per heavy atom. The van der Waals surface area contributed by atoms with E-state index in [-0.39, 0.29) is 0 Å². The summed E-state index contributed by atoms with van der Waals surface area (Å²) in [6.07, 6.45) is 20.4. The molecule has 0 heterocycles. The van der Waals surface area contributed by atoms with Gasteiger partial charge in [-0.05, 0) is 133 Å². The molecule has 0 aliphatic heterocycles. The Labute approximate surface area is 309 Å². The third kappa shape index (κ3) is 29.0. The molecule has 0 radical (unpaired) electrons. The van der Waals surface area contributed by atoms with Crippen LogP contribution in [-0.4, -0.2) is 0 Å². The van der Waals surface area contributed by atoms with E-state index in [0.29, 0.717) is 0 Å². The van der Waals surface area contributed by atoms with Crippen LogP contribution in [0.5, 0.6) is 0 Å². The summed E-state index contributed by atoms with van der Waals surface area (Å²) in [5.74, 6) is 1.69. The van der Waals surface area contributed by atoms with Crippen molar-refractivity contribution >= 4 is 11.3 Å². The summed E-state index contributed by atoms with van der Waals surface area (Å²) in [6, 6.07) is 6.61. The molecule has 1 aromatic rings. The van der Waals surface area contributed by atoms with Crippen molar-refractivity contribution in [2.24, 2.45) is 11.8 Å². The number of unbranched alkanes of at least 4 members (excludes halogenated alkanes) is 5. The van der Waals surface area contributed by atoms with E-state index in [4.69, 9.17) is 0 Å². The van der Waals surface area contributed by atoms with Crippen molar-refractivity contribution in [3.63, 3.8) is 0 Å². The largest absolute Gasteiger partial charge is 0.355 e. The average molecular weight is 676 g/mol. The summed E-state index contributed by atoms with van der Waals surface area (Å²) in [7, 11) is 0. The molecule has 2 fully saturated rings. The molecule has 0 amide bonds. The first-order valence-electron chi connectivity index (χ1n) is 20.0. The van der Waals surface area contributed by atoms with Gasteiger partial charge in [0.05, 0.1) is 0 Å². The molecule has 0 bridgehead atoms. The highest BCUT2D eigenvalue weighted by Gasteiger charge is 2.25. The zero-order chi connectivity index (χ0) is 38.4. The Hall–Kier alpha value is -2.54. The zero-order valence-corrected chi connectivity index (χ0v) is 35.7. The Balaban J connectivity index is -0.000000772. The molecule has 2 aliphatic carbocycles. The third-order valence-corrected chi connectivity index (χ3v) is 8.59. The van der Waals surface area contributed by atoms with Gasteiger partial charge < -0.3 is 5.32 Å². The van der Waals surface area contributed by atoms with Gasteiger partial charge in [0.25, 0.3) is 0 Å². The second kappa shape index (κ2) is 32.7. The first-order valence-corrected chi connectivity index (χ1v) is 20.0. The second-order valence-electron chi connectivity index (χ2n) is 14.3. The lowest BCUT2D eigenvalue weighted by molar-refractivity contribution is 0.736. The molecule has 1 heteroatoms. The minimum absolute atomic E-state index is 0.782. The lowest BCUT2D eigenvalue weighted by Crippen LogP contribution is -2.05. The van der Waals surface area contributed by atoms with Gasteiger partial charge in [-0.3, -0.25) is 0 Å². The molecule has 282 valence electrons. The minimum atomic E-state index is 0.782. The van der Waals surface area contributed by atoms with Crippen LogP contribution in [0, 0.1) is 18.8 Å². The fourth-order valence-corrected chi connectivity index (χ4v) is 4.17. The predicted molar refractivity (Wildman–Crippen MR) is 232 cm³/mol. The van der Waals surface area contributed by atoms with Crippen LogP contribution in [0.25, 0.3) is 5.57 Å². The van der Waals surface area contributed by atoms with Crippen molar-refractivity contribution in [3.05, 3.63) is 95.3 Å². The van der Waals surface area contributed by atoms with Crippen LogP contribution in [-0.2, 0) is 0 Å². The van der Waals surface area contributed by atoms with Crippen LogP contribution in [0.2, 0.25) is 0 Å². The molecule has 0 saturated heterocycles. The molecule has 0 unspecified atom stereocenters. The van der Waals surface area contributed by atoms with Crippen LogP contribution in [0.15, 0.2) is 84.2 Å². The van der Waals surface area contributed by atoms with Crippen LogP contribution >= 0.6 is 0 Å². The van der Waals surface area contributed by atoms with Gasteiger partial charge in [0.1, 0.15) is 0 Å². The summed E-state index contributed by atoms with van der Waals surface area (Å²) < 4.78 is 0. The molecule has 1 aromatic carbocycles. The molecule has 1 nitrogen and oxygen atoms in total. The minimum Gasteiger partial charge on any atom is -0.355 e. The highest BCUT2D eigenvalue weighted by molar-refractivity contribution is 5.70. The van der Waals surface area contributed by atoms with Gasteiger partial charge in [-0.1, -0.05) is 154 Å². The van der Waals surface area contributed by atoms with Gasteiger partial charge in [-0.25, -0.2) is 0 Å². The monoisotopic (exact) mass is 676 g/mol. The summed E-state index contributed by atoms with van der Waals surface area (Å²) in [5.41, 5.74) is 12.5. The fourth-order valence-electron chi connectivity index (χ4n) is 4.17. The van der Waals surface area contributed by atoms with E-state index < -0.39 is 0 Å². The van der Waals surface area contributed by atoms with Crippen molar-refractivity contribution < 1.29 is 0 Å². The van der Waals surface area contributed by atoms with Gasteiger partial charge in [-0.2, -0.15) is 0 Å². The Morgan fingerprint density at radius 3 is 1.47 bits per heavy atom. The maximum atomic E-state index is 4.34. The molecule has 1 N–H and O–H groups in total. The van der Waals surface area contributed by atoms with Crippen molar-refractivity contribution in [3.8, 4) is 0 Å². The molecular weight excluding hydrogens is 591 g/mol. The van der Waals surface area contributed by atoms with Crippen molar-refractivity contribution in [1.29, 1.82) is 0 Å². The number of rotatable bonds is 14. The van der Waals surface area contributed by atoms with Crippen LogP contribution in [0.1, 0.15) is 191 Å². The summed E-state index contributed by atoms with van der Waals surface area (Å²) in [6.45, 7) is 46.2. The van der Waals surface area contributed by atoms with Gasteiger partial charge >= 0.3 is 0 Å². The first kappa shape index (κ1) is 50.8. The highest BCUT2D eigenvalue weighted by atomic mass is 14.9. The Morgan fingerprint density at radius 1 is 0.694 bits per heavy atom. The van der Waals surface area contributed by atoms with Crippen LogP contribution in [0.3, 0.4) is 0 Å². The number of nitrogens with one attached hydrogen (secondary N) is 1. The number of allylic oxidation sites excluding steroid dienone is 6. The Bertz CT molecular complexity index is 1080. The molecule has 0 spiro atoms. The smallest absolute Gasteiger partial charge is 0.0420 e. The maximum Gasteiger partial charge on any atom is 0.0420 e. The van der Waals surface area contributed by atoms with Crippen LogP contribution < -0.4 is 5.32 Å². The molecule has 2 saturated carbocycles. The van der Waals surface area contributed by atoms with Crippen molar-refractivity contribution in [1.82, 2.24) is 0 Å². The third-order valence-electron chi connectivity index (χ3n) is 8.59. The lowest BCUT2D eigenvalue weighted by Gasteiger charge is -2.19.